The Morgan fingerprint density at radius 3 is 2.63 bits per heavy atom. The van der Waals surface area contributed by atoms with Crippen molar-refractivity contribution < 1.29 is 14.6 Å². The maximum Gasteiger partial charge on any atom is 0.168 e. The Labute approximate surface area is 207 Å². The fraction of sp³-hybridized carbons (Fsp3) is 0.400. The second-order valence-corrected chi connectivity index (χ2v) is 10.3. The van der Waals surface area contributed by atoms with Crippen molar-refractivity contribution in [1.82, 2.24) is 4.98 Å². The average molecular weight is 473 g/mol. The molecule has 5 nitrogen and oxygen atoms in total. The number of aliphatic imine (C=N–C) groups is 1. The summed E-state index contributed by atoms with van der Waals surface area (Å²) in [5.41, 5.74) is 5.53. The van der Waals surface area contributed by atoms with Crippen LogP contribution in [0.3, 0.4) is 0 Å². The first-order valence-corrected chi connectivity index (χ1v) is 12.5. The molecule has 1 aliphatic rings. The third-order valence-electron chi connectivity index (χ3n) is 6.63. The quantitative estimate of drug-likeness (QED) is 0.328. The van der Waals surface area contributed by atoms with Crippen LogP contribution in [0.5, 0.6) is 5.75 Å². The third-order valence-corrected chi connectivity index (χ3v) is 6.63. The number of Topliss-reactive ketones (excluding diaryl/α,β-unsaturated/α-hetero) is 1. The van der Waals surface area contributed by atoms with Gasteiger partial charge in [-0.05, 0) is 54.5 Å². The molecule has 2 N–H and O–H groups in total. The van der Waals surface area contributed by atoms with E-state index < -0.39 is 0 Å². The van der Waals surface area contributed by atoms with Crippen molar-refractivity contribution in [3.63, 3.8) is 0 Å². The molecular weight excluding hydrogens is 436 g/mol. The number of nitrogens with one attached hydrogen (secondary N) is 1. The Kier molecular flexibility index (Phi) is 7.44. The highest BCUT2D eigenvalue weighted by atomic mass is 16.5. The molecule has 35 heavy (non-hydrogen) atoms. The number of aryl methyl sites for hydroxylation is 1. The SMILES string of the molecule is CCCC(=NCCc1c(C)[nH]c2ccc(OCc3ccccc3)cc12)C1=C(O)CC(C)(C)CC1=O. The maximum atomic E-state index is 12.8. The molecule has 1 aromatic heterocycles. The van der Waals surface area contributed by atoms with Crippen LogP contribution in [-0.2, 0) is 17.8 Å². The largest absolute Gasteiger partial charge is 0.511 e. The van der Waals surface area contributed by atoms with Gasteiger partial charge >= 0.3 is 0 Å². The lowest BCUT2D eigenvalue weighted by atomic mass is 9.75. The molecule has 0 spiro atoms. The van der Waals surface area contributed by atoms with E-state index in [-0.39, 0.29) is 17.0 Å². The third kappa shape index (κ3) is 5.84. The number of rotatable bonds is 9. The molecule has 0 atom stereocenters. The fourth-order valence-electron chi connectivity index (χ4n) is 4.95. The minimum atomic E-state index is -0.205. The van der Waals surface area contributed by atoms with Crippen LogP contribution in [0.2, 0.25) is 0 Å². The predicted molar refractivity (Wildman–Crippen MR) is 142 cm³/mol. The first-order valence-electron chi connectivity index (χ1n) is 12.5. The van der Waals surface area contributed by atoms with Gasteiger partial charge in [-0.25, -0.2) is 0 Å². The van der Waals surface area contributed by atoms with Crippen LogP contribution in [0.15, 0.2) is 64.9 Å². The minimum absolute atomic E-state index is 0.00873. The Bertz CT molecular complexity index is 1270. The van der Waals surface area contributed by atoms with Crippen molar-refractivity contribution >= 4 is 22.4 Å². The summed E-state index contributed by atoms with van der Waals surface area (Å²) in [4.78, 5) is 21.2. The molecule has 1 aliphatic carbocycles. The van der Waals surface area contributed by atoms with Crippen LogP contribution >= 0.6 is 0 Å². The number of ether oxygens (including phenoxy) is 1. The first-order chi connectivity index (χ1) is 16.8. The lowest BCUT2D eigenvalue weighted by Gasteiger charge is -2.30. The van der Waals surface area contributed by atoms with Crippen molar-refractivity contribution in [1.29, 1.82) is 0 Å². The first kappa shape index (κ1) is 24.8. The Morgan fingerprint density at radius 1 is 1.14 bits per heavy atom. The second-order valence-electron chi connectivity index (χ2n) is 10.3. The van der Waals surface area contributed by atoms with Crippen LogP contribution in [-0.4, -0.2) is 28.1 Å². The number of ketones is 1. The number of aromatic nitrogens is 1. The summed E-state index contributed by atoms with van der Waals surface area (Å²) in [5.74, 6) is 1.04. The highest BCUT2D eigenvalue weighted by Crippen LogP contribution is 2.36. The molecular formula is C30H36N2O3. The zero-order valence-electron chi connectivity index (χ0n) is 21.3. The van der Waals surface area contributed by atoms with Gasteiger partial charge in [-0.2, -0.15) is 0 Å². The van der Waals surface area contributed by atoms with Crippen LogP contribution < -0.4 is 4.74 Å². The highest BCUT2D eigenvalue weighted by molar-refractivity contribution is 6.23. The summed E-state index contributed by atoms with van der Waals surface area (Å²) in [5, 5.41) is 11.8. The molecule has 0 saturated carbocycles. The van der Waals surface area contributed by atoms with Crippen molar-refractivity contribution in [2.45, 2.75) is 66.4 Å². The number of H-pyrrole nitrogens is 1. The van der Waals surface area contributed by atoms with Gasteiger partial charge in [0, 0.05) is 41.7 Å². The minimum Gasteiger partial charge on any atom is -0.511 e. The fourth-order valence-corrected chi connectivity index (χ4v) is 4.95. The number of benzene rings is 2. The standard InChI is InChI=1S/C30H36N2O3/c1-5-9-26(29-27(33)17-30(3,4)18-28(29)34)31-15-14-23-20(2)32-25-13-12-22(16-24(23)25)35-19-21-10-7-6-8-11-21/h6-8,10-13,16,32-33H,5,9,14-15,17-19H2,1-4H3. The molecule has 3 aromatic rings. The number of nitrogens with zero attached hydrogens (tertiary/aromatic N) is 1. The number of aliphatic hydroxyl groups excluding tert-OH is 1. The van der Waals surface area contributed by atoms with Gasteiger partial charge < -0.3 is 14.8 Å². The highest BCUT2D eigenvalue weighted by Gasteiger charge is 2.34. The molecule has 0 radical (unpaired) electrons. The predicted octanol–water partition coefficient (Wildman–Crippen LogP) is 7.04. The number of fused-ring (bicyclic) bond motifs is 1. The maximum absolute atomic E-state index is 12.8. The summed E-state index contributed by atoms with van der Waals surface area (Å²) in [7, 11) is 0. The summed E-state index contributed by atoms with van der Waals surface area (Å²) >= 11 is 0. The van der Waals surface area contributed by atoms with E-state index in [2.05, 4.69) is 43.1 Å². The van der Waals surface area contributed by atoms with Gasteiger partial charge in [0.15, 0.2) is 5.78 Å². The molecule has 1 heterocycles. The van der Waals surface area contributed by atoms with Gasteiger partial charge in [0.05, 0.1) is 5.57 Å². The Balaban J connectivity index is 1.53. The number of allylic oxidation sites excluding steroid dienone is 2. The van der Waals surface area contributed by atoms with E-state index >= 15 is 0 Å². The summed E-state index contributed by atoms with van der Waals surface area (Å²) in [6, 6.07) is 16.3. The summed E-state index contributed by atoms with van der Waals surface area (Å²) in [6.45, 7) is 9.28. The van der Waals surface area contributed by atoms with Crippen LogP contribution in [0, 0.1) is 12.3 Å². The van der Waals surface area contributed by atoms with Crippen LogP contribution in [0.1, 0.15) is 63.3 Å². The van der Waals surface area contributed by atoms with Crippen molar-refractivity contribution in [2.75, 3.05) is 6.54 Å². The van der Waals surface area contributed by atoms with Gasteiger partial charge in [0.2, 0.25) is 0 Å². The number of aromatic amines is 1. The number of aliphatic hydroxyl groups is 1. The van der Waals surface area contributed by atoms with Crippen molar-refractivity contribution in [2.24, 2.45) is 10.4 Å². The molecule has 0 aliphatic heterocycles. The van der Waals surface area contributed by atoms with E-state index in [4.69, 9.17) is 9.73 Å². The molecule has 0 unspecified atom stereocenters. The van der Waals surface area contributed by atoms with E-state index in [1.807, 2.05) is 38.1 Å². The van der Waals surface area contributed by atoms with Crippen molar-refractivity contribution in [3.8, 4) is 5.75 Å². The van der Waals surface area contributed by atoms with Gasteiger partial charge in [-0.15, -0.1) is 0 Å². The lowest BCUT2D eigenvalue weighted by Crippen LogP contribution is -2.29. The van der Waals surface area contributed by atoms with E-state index in [0.29, 0.717) is 38.0 Å². The molecule has 0 amide bonds. The number of hydrogen-bond donors (Lipinski definition) is 2. The van der Waals surface area contributed by atoms with Gasteiger partial charge in [0.1, 0.15) is 18.1 Å². The number of carbonyl (C=O) groups excluding carboxylic acids is 1. The average Bonchev–Trinajstić information content (AvgIpc) is 3.11. The summed E-state index contributed by atoms with van der Waals surface area (Å²) in [6.07, 6.45) is 3.28. The zero-order valence-corrected chi connectivity index (χ0v) is 21.3. The normalized spacial score (nSPS) is 16.2. The summed E-state index contributed by atoms with van der Waals surface area (Å²) < 4.78 is 6.05. The Hall–Kier alpha value is -3.34. The molecule has 4 rings (SSSR count). The zero-order chi connectivity index (χ0) is 25.0. The second kappa shape index (κ2) is 10.5. The van der Waals surface area contributed by atoms with Gasteiger partial charge in [-0.3, -0.25) is 9.79 Å². The van der Waals surface area contributed by atoms with Crippen molar-refractivity contribution in [3.05, 3.63) is 76.7 Å². The van der Waals surface area contributed by atoms with E-state index in [1.54, 1.807) is 0 Å². The van der Waals surface area contributed by atoms with E-state index in [0.717, 1.165) is 46.5 Å². The molecule has 184 valence electrons. The monoisotopic (exact) mass is 472 g/mol. The van der Waals surface area contributed by atoms with E-state index in [1.165, 1.54) is 5.56 Å². The molecule has 2 aromatic carbocycles. The van der Waals surface area contributed by atoms with Gasteiger partial charge in [0.25, 0.3) is 0 Å². The molecule has 5 heteroatoms. The topological polar surface area (TPSA) is 74.7 Å². The number of hydrogen-bond acceptors (Lipinski definition) is 4. The molecule has 0 saturated heterocycles. The molecule has 0 fully saturated rings. The molecule has 0 bridgehead atoms. The van der Waals surface area contributed by atoms with Gasteiger partial charge in [-0.1, -0.05) is 57.5 Å². The van der Waals surface area contributed by atoms with Crippen LogP contribution in [0.25, 0.3) is 10.9 Å². The number of carbonyl (C=O) groups is 1. The Morgan fingerprint density at radius 2 is 1.91 bits per heavy atom. The lowest BCUT2D eigenvalue weighted by molar-refractivity contribution is -0.117. The smallest absolute Gasteiger partial charge is 0.168 e. The van der Waals surface area contributed by atoms with E-state index in [9.17, 15) is 9.90 Å². The van der Waals surface area contributed by atoms with Crippen LogP contribution in [0.4, 0.5) is 0 Å².